The third kappa shape index (κ3) is 4.07. The van der Waals surface area contributed by atoms with E-state index in [1.165, 1.54) is 10.8 Å². The molecule has 2 heterocycles. The summed E-state index contributed by atoms with van der Waals surface area (Å²) in [6, 6.07) is 58.9. The molecule has 222 valence electrons. The fraction of sp³-hybridized carbons (Fsp3) is 0. The first-order valence-electron chi connectivity index (χ1n) is 15.9. The molecule has 0 N–H and O–H groups in total. The van der Waals surface area contributed by atoms with Crippen LogP contribution in [0.3, 0.4) is 0 Å². The number of benzene rings is 7. The molecule has 0 amide bonds. The van der Waals surface area contributed by atoms with Crippen molar-refractivity contribution >= 4 is 43.6 Å². The molecule has 0 aliphatic carbocycles. The Labute approximate surface area is 277 Å². The van der Waals surface area contributed by atoms with E-state index in [1.54, 1.807) is 0 Å². The molecule has 0 atom stereocenters. The second-order valence-electron chi connectivity index (χ2n) is 12.0. The highest BCUT2D eigenvalue weighted by Gasteiger charge is 2.19. The Bertz CT molecular complexity index is 2760. The zero-order chi connectivity index (χ0) is 32.2. The van der Waals surface area contributed by atoms with Crippen LogP contribution in [-0.4, -0.2) is 9.13 Å². The summed E-state index contributed by atoms with van der Waals surface area (Å²) in [5, 5.41) is 25.0. The summed E-state index contributed by atoms with van der Waals surface area (Å²) in [5.41, 5.74) is 11.3. The molecule has 4 heteroatoms. The minimum atomic E-state index is 0.615. The van der Waals surface area contributed by atoms with Gasteiger partial charge in [-0.2, -0.15) is 10.5 Å². The maximum atomic E-state index is 10.3. The zero-order valence-corrected chi connectivity index (χ0v) is 25.8. The molecule has 9 aromatic rings. The van der Waals surface area contributed by atoms with Gasteiger partial charge < -0.3 is 9.13 Å². The zero-order valence-electron chi connectivity index (χ0n) is 25.8. The summed E-state index contributed by atoms with van der Waals surface area (Å²) in [4.78, 5) is 0. The van der Waals surface area contributed by atoms with Crippen LogP contribution in [0.25, 0.3) is 77.2 Å². The van der Waals surface area contributed by atoms with E-state index in [0.29, 0.717) is 11.1 Å². The van der Waals surface area contributed by atoms with Gasteiger partial charge in [0.25, 0.3) is 0 Å². The highest BCUT2D eigenvalue weighted by Crippen LogP contribution is 2.39. The Balaban J connectivity index is 1.25. The van der Waals surface area contributed by atoms with Crippen molar-refractivity contribution in [3.05, 3.63) is 169 Å². The van der Waals surface area contributed by atoms with Gasteiger partial charge in [0.15, 0.2) is 0 Å². The van der Waals surface area contributed by atoms with Crippen molar-refractivity contribution in [3.63, 3.8) is 0 Å². The third-order valence-electron chi connectivity index (χ3n) is 9.41. The van der Waals surface area contributed by atoms with Crippen molar-refractivity contribution in [2.45, 2.75) is 0 Å². The first-order valence-corrected chi connectivity index (χ1v) is 15.9. The van der Waals surface area contributed by atoms with Crippen molar-refractivity contribution < 1.29 is 0 Å². The van der Waals surface area contributed by atoms with E-state index in [9.17, 15) is 10.5 Å². The summed E-state index contributed by atoms with van der Waals surface area (Å²) >= 11 is 0. The van der Waals surface area contributed by atoms with E-state index in [0.717, 1.165) is 66.5 Å². The maximum Gasteiger partial charge on any atom is 0.101 e. The van der Waals surface area contributed by atoms with Gasteiger partial charge in [0.2, 0.25) is 0 Å². The van der Waals surface area contributed by atoms with Crippen molar-refractivity contribution in [2.75, 3.05) is 0 Å². The quantitative estimate of drug-likeness (QED) is 0.199. The molecule has 0 aliphatic heterocycles. The second kappa shape index (κ2) is 10.9. The van der Waals surface area contributed by atoms with Crippen LogP contribution < -0.4 is 0 Å². The van der Waals surface area contributed by atoms with E-state index in [1.807, 2.05) is 42.5 Å². The van der Waals surface area contributed by atoms with Crippen LogP contribution in [0, 0.1) is 22.7 Å². The van der Waals surface area contributed by atoms with Gasteiger partial charge in [-0.25, -0.2) is 0 Å². The van der Waals surface area contributed by atoms with Gasteiger partial charge in [-0.05, 0) is 65.7 Å². The normalized spacial score (nSPS) is 11.3. The number of nitrogens with zero attached hydrogens (tertiary/aromatic N) is 4. The molecule has 0 unspecified atom stereocenters. The molecule has 0 spiro atoms. The molecule has 0 fully saturated rings. The number of para-hydroxylation sites is 5. The van der Waals surface area contributed by atoms with E-state index < -0.39 is 0 Å². The fourth-order valence-corrected chi connectivity index (χ4v) is 7.32. The van der Waals surface area contributed by atoms with Gasteiger partial charge in [0, 0.05) is 38.4 Å². The van der Waals surface area contributed by atoms with E-state index >= 15 is 0 Å². The number of nitriles is 2. The smallest absolute Gasteiger partial charge is 0.101 e. The van der Waals surface area contributed by atoms with Crippen LogP contribution in [-0.2, 0) is 0 Å². The van der Waals surface area contributed by atoms with Crippen LogP contribution in [0.15, 0.2) is 158 Å². The highest BCUT2D eigenvalue weighted by molar-refractivity contribution is 6.11. The summed E-state index contributed by atoms with van der Waals surface area (Å²) in [5.74, 6) is 0. The molecule has 48 heavy (non-hydrogen) atoms. The lowest BCUT2D eigenvalue weighted by Gasteiger charge is -2.16. The summed E-state index contributed by atoms with van der Waals surface area (Å²) in [7, 11) is 0. The van der Waals surface area contributed by atoms with Gasteiger partial charge >= 0.3 is 0 Å². The lowest BCUT2D eigenvalue weighted by atomic mass is 9.93. The molecular weight excluding hydrogens is 585 g/mol. The number of hydrogen-bond acceptors (Lipinski definition) is 2. The Kier molecular flexibility index (Phi) is 6.22. The Morgan fingerprint density at radius 1 is 0.396 bits per heavy atom. The largest absolute Gasteiger partial charge is 0.309 e. The molecule has 2 aromatic heterocycles. The minimum absolute atomic E-state index is 0.615. The molecular formula is C44H26N4. The molecule has 4 nitrogen and oxygen atoms in total. The molecule has 0 saturated heterocycles. The van der Waals surface area contributed by atoms with Gasteiger partial charge in [-0.15, -0.1) is 0 Å². The molecule has 0 radical (unpaired) electrons. The molecule has 9 rings (SSSR count). The summed E-state index contributed by atoms with van der Waals surface area (Å²) in [6.07, 6.45) is 0. The predicted octanol–water partition coefficient (Wildman–Crippen LogP) is 11.0. The summed E-state index contributed by atoms with van der Waals surface area (Å²) in [6.45, 7) is 0. The lowest BCUT2D eigenvalue weighted by molar-refractivity contribution is 1.18. The van der Waals surface area contributed by atoms with Crippen LogP contribution in [0.5, 0.6) is 0 Å². The highest BCUT2D eigenvalue weighted by atomic mass is 15.0. The van der Waals surface area contributed by atoms with Gasteiger partial charge in [-0.3, -0.25) is 0 Å². The Morgan fingerprint density at radius 2 is 0.958 bits per heavy atom. The van der Waals surface area contributed by atoms with Gasteiger partial charge in [0.05, 0.1) is 45.0 Å². The monoisotopic (exact) mass is 610 g/mol. The fourth-order valence-electron chi connectivity index (χ4n) is 7.32. The van der Waals surface area contributed by atoms with E-state index in [4.69, 9.17) is 0 Å². The van der Waals surface area contributed by atoms with Crippen LogP contribution >= 0.6 is 0 Å². The van der Waals surface area contributed by atoms with Crippen molar-refractivity contribution in [3.8, 4) is 45.8 Å². The van der Waals surface area contributed by atoms with Gasteiger partial charge in [-0.1, -0.05) is 103 Å². The number of rotatable bonds is 4. The van der Waals surface area contributed by atoms with E-state index in [2.05, 4.69) is 137 Å². The van der Waals surface area contributed by atoms with Crippen LogP contribution in [0.4, 0.5) is 0 Å². The Morgan fingerprint density at radius 3 is 1.67 bits per heavy atom. The predicted molar refractivity (Wildman–Crippen MR) is 195 cm³/mol. The number of hydrogen-bond donors (Lipinski definition) is 0. The molecule has 0 bridgehead atoms. The summed E-state index contributed by atoms with van der Waals surface area (Å²) < 4.78 is 4.50. The van der Waals surface area contributed by atoms with E-state index in [-0.39, 0.29) is 0 Å². The Hall–Kier alpha value is -6.88. The molecule has 7 aromatic carbocycles. The maximum absolute atomic E-state index is 10.3. The number of fused-ring (bicyclic) bond motifs is 6. The van der Waals surface area contributed by atoms with Gasteiger partial charge in [0.1, 0.15) is 6.07 Å². The van der Waals surface area contributed by atoms with Crippen molar-refractivity contribution in [1.29, 1.82) is 10.5 Å². The van der Waals surface area contributed by atoms with Crippen LogP contribution in [0.2, 0.25) is 0 Å². The van der Waals surface area contributed by atoms with Crippen molar-refractivity contribution in [1.82, 2.24) is 9.13 Å². The van der Waals surface area contributed by atoms with Crippen LogP contribution in [0.1, 0.15) is 11.1 Å². The second-order valence-corrected chi connectivity index (χ2v) is 12.0. The SMILES string of the molecule is N#Cc1ccc(-c2cccc(-n3c4ccccc4c4cccc(C#N)c43)c2)cc1-c1ccccc1-n1c2ccccc2c2ccccc21. The lowest BCUT2D eigenvalue weighted by Crippen LogP contribution is -1.98. The standard InChI is InChI=1S/C44H26N4/c45-27-31-24-23-30(29-11-9-13-33(25-29)47-40-19-5-3-16-36(40)38-18-10-12-32(28-46)44(38)47)26-39(31)37-17-4-8-22-43(37)48-41-20-6-1-14-34(41)35-15-2-7-21-42(35)48/h1-26H. The number of aromatic nitrogens is 2. The first-order chi connectivity index (χ1) is 23.7. The van der Waals surface area contributed by atoms with Crippen molar-refractivity contribution in [2.24, 2.45) is 0 Å². The topological polar surface area (TPSA) is 57.4 Å². The molecule has 0 aliphatic rings. The minimum Gasteiger partial charge on any atom is -0.309 e. The third-order valence-corrected chi connectivity index (χ3v) is 9.41. The molecule has 0 saturated carbocycles. The first kappa shape index (κ1) is 27.4. The average Bonchev–Trinajstić information content (AvgIpc) is 3.68. The average molecular weight is 611 g/mol.